The number of ether oxygens (including phenoxy) is 1. The summed E-state index contributed by atoms with van der Waals surface area (Å²) in [7, 11) is 5.47. The second-order valence-corrected chi connectivity index (χ2v) is 40.5. The van der Waals surface area contributed by atoms with Gasteiger partial charge in [-0.1, -0.05) is 310 Å². The van der Waals surface area contributed by atoms with Gasteiger partial charge in [0, 0.05) is 178 Å². The molecule has 0 fully saturated rings. The Bertz CT molecular complexity index is 3620. The van der Waals surface area contributed by atoms with Crippen molar-refractivity contribution in [2.24, 2.45) is 48.7 Å². The van der Waals surface area contributed by atoms with Gasteiger partial charge in [0.2, 0.25) is 0 Å². The number of rotatable bonds is 42. The second kappa shape index (κ2) is 86.2. The van der Waals surface area contributed by atoms with Crippen LogP contribution < -0.4 is 0 Å². The standard InChI is InChI=1S/C13H23NO2.C13H22O3.3C12H20O2.3C11H18O2.C10H16O2.9CH4/c1-13(2,3)12(16)9-8-11(15)7-6-10-14(4)5;1-10(8-9-16-5)11(14)6-7-12(15)13(2,3)4;1-9(2)10(13)7-6-8-11(14)12(3,4)5;1-6-9(2)10(13)7-8-11(14)12(3,4)5;1-5-7-10(13)8-6-9-11(14)12(2,3)4;1-8(2)9(12)6-7-10(13)11(3,4)5;2*1-5-6-9(12)7-8-10(13)11(2,3)4;1-5-8(11)6-7-9(12)10(2,3)4;;;;;;;;;/h6-7H,8-10H2,1-5H3;8H,6-7,9H2,1-5H3;1,6-8H2,2-5H3;6H,7-8H2,1-5H3;5,7H,6,8-9H2,1-4H3;1,6-7H2,2-5H3;2*5-6H,7-8H2,1-4H3;5H,1,6-7H2,2-4H3;9*1H4/b7-6+;10-8+;;9-6+;7-5+;;2*6-5+;;;;;;;;;;. The summed E-state index contributed by atoms with van der Waals surface area (Å²) in [5.41, 5.74) is -0.383. The van der Waals surface area contributed by atoms with Gasteiger partial charge in [-0.2, -0.15) is 0 Å². The maximum atomic E-state index is 11.6. The van der Waals surface area contributed by atoms with Crippen LogP contribution in [-0.2, 0) is 91.0 Å². The van der Waals surface area contributed by atoms with Gasteiger partial charge >= 0.3 is 0 Å². The van der Waals surface area contributed by atoms with Gasteiger partial charge in [0.1, 0.15) is 52.0 Å². The minimum absolute atomic E-state index is 0. The van der Waals surface area contributed by atoms with Crippen LogP contribution in [0.3, 0.4) is 0 Å². The number of allylic oxidation sites excluding steroid dienone is 13. The highest BCUT2D eigenvalue weighted by molar-refractivity contribution is 6.01. The van der Waals surface area contributed by atoms with E-state index >= 15 is 0 Å². The molecule has 0 aromatic carbocycles. The molecule has 0 bridgehead atoms. The molecule has 0 heterocycles. The summed E-state index contributed by atoms with van der Waals surface area (Å²) in [5, 5.41) is 0. The van der Waals surface area contributed by atoms with Crippen LogP contribution in [0.2, 0.25) is 0 Å². The van der Waals surface area contributed by atoms with E-state index in [0.717, 1.165) is 12.1 Å². The van der Waals surface area contributed by atoms with E-state index in [9.17, 15) is 86.3 Å². The lowest BCUT2D eigenvalue weighted by atomic mass is 9.87. The normalized spacial score (nSPS) is 11.1. The second-order valence-electron chi connectivity index (χ2n) is 40.5. The van der Waals surface area contributed by atoms with E-state index in [1.807, 2.05) is 226 Å². The van der Waals surface area contributed by atoms with Crippen LogP contribution in [-0.4, -0.2) is 143 Å². The molecular formula is C114H211NO19. The lowest BCUT2D eigenvalue weighted by Crippen LogP contribution is -2.20. The zero-order valence-corrected chi connectivity index (χ0v) is 85.7. The predicted octanol–water partition coefficient (Wildman–Crippen LogP) is 28.8. The van der Waals surface area contributed by atoms with Gasteiger partial charge in [-0.05, 0) is 135 Å². The minimum atomic E-state index is -0.357. The zero-order chi connectivity index (χ0) is 101. The maximum absolute atomic E-state index is 11.6. The lowest BCUT2D eigenvalue weighted by Gasteiger charge is -2.15. The van der Waals surface area contributed by atoms with E-state index < -0.39 is 0 Å². The average Bonchev–Trinajstić information content (AvgIpc) is 0.935. The van der Waals surface area contributed by atoms with Crippen molar-refractivity contribution >= 4 is 104 Å². The first-order chi connectivity index (χ1) is 56.3. The summed E-state index contributed by atoms with van der Waals surface area (Å²) in [5.74, 6) is 1.66. The van der Waals surface area contributed by atoms with Crippen molar-refractivity contribution in [3.63, 3.8) is 0 Å². The van der Waals surface area contributed by atoms with Gasteiger partial charge < -0.3 is 9.64 Å². The highest BCUT2D eigenvalue weighted by Gasteiger charge is 2.28. The van der Waals surface area contributed by atoms with Crippen molar-refractivity contribution in [3.8, 4) is 0 Å². The molecule has 0 aliphatic rings. The third-order valence-corrected chi connectivity index (χ3v) is 18.2. The van der Waals surface area contributed by atoms with Crippen LogP contribution in [0.1, 0.15) is 438 Å². The number of carbonyl (C=O) groups excluding carboxylic acids is 18. The number of methoxy groups -OCH3 is 1. The molecule has 0 unspecified atom stereocenters. The highest BCUT2D eigenvalue weighted by Crippen LogP contribution is 2.25. The van der Waals surface area contributed by atoms with Gasteiger partial charge in [0.05, 0.1) is 6.61 Å². The number of likely N-dealkylation sites (N-methyl/N-ethyl adjacent to an activating group) is 1. The number of hydrogen-bond acceptors (Lipinski definition) is 20. The fourth-order valence-corrected chi connectivity index (χ4v) is 8.53. The summed E-state index contributed by atoms with van der Waals surface area (Å²) < 4.78 is 4.85. The SMILES string of the molecule is C.C.C.C.C.C.C.C.C.C/C=C(\C)C(=O)CCC(=O)C(C)(C)C.C/C=C/C(=O)CCC(=O)C(C)(C)C.C/C=C/C(=O)CCC(=O)C(C)(C)C.C/C=C/C(=O)CCCC(=O)C(C)(C)C.C=C(C)C(=O)CCC(=O)C(C)(C)C.C=C(C)C(=O)CCCC(=O)C(C)(C)C.C=CC(=O)CCC(=O)C(C)(C)C.CN(C)C/C=C/C(=O)CCC(=O)C(C)(C)C.COC/C=C(\C)C(=O)CCC(=O)C(C)(C)C. The van der Waals surface area contributed by atoms with Crippen LogP contribution in [0, 0.1) is 48.7 Å². The third-order valence-electron chi connectivity index (χ3n) is 18.2. The molecule has 134 heavy (non-hydrogen) atoms. The molecule has 0 radical (unpaired) electrons. The van der Waals surface area contributed by atoms with Crippen molar-refractivity contribution in [2.45, 2.75) is 438 Å². The molecule has 0 aliphatic heterocycles. The number of Topliss-reactive ketones (excluding diaryl/α,β-unsaturated/α-hetero) is 13. The third kappa shape index (κ3) is 107. The molecule has 0 N–H and O–H groups in total. The quantitative estimate of drug-likeness (QED) is 0.0512. The molecule has 0 atom stereocenters. The first-order valence-electron chi connectivity index (χ1n) is 43.8. The van der Waals surface area contributed by atoms with Gasteiger partial charge in [-0.15, -0.1) is 0 Å². The summed E-state index contributed by atoms with van der Waals surface area (Å²) in [6.45, 7) is 76.4. The molecule has 0 amide bonds. The molecule has 0 rings (SSSR count). The largest absolute Gasteiger partial charge is 0.381 e. The fraction of sp³-hybridized carbons (Fsp3) is 0.684. The van der Waals surface area contributed by atoms with Crippen LogP contribution in [0.5, 0.6) is 0 Å². The van der Waals surface area contributed by atoms with E-state index in [2.05, 4.69) is 19.7 Å². The minimum Gasteiger partial charge on any atom is -0.381 e. The Labute approximate surface area is 825 Å². The summed E-state index contributed by atoms with van der Waals surface area (Å²) in [4.78, 5) is 206. The molecule has 20 nitrogen and oxygen atoms in total. The zero-order valence-electron chi connectivity index (χ0n) is 85.7. The summed E-state index contributed by atoms with van der Waals surface area (Å²) >= 11 is 0. The molecule has 0 spiro atoms. The van der Waals surface area contributed by atoms with Gasteiger partial charge in [0.15, 0.2) is 52.0 Å². The monoisotopic (exact) mass is 1900 g/mol. The van der Waals surface area contributed by atoms with Gasteiger partial charge in [-0.3, -0.25) is 86.3 Å². The number of carbonyl (C=O) groups is 18. The molecule has 786 valence electrons. The Morgan fingerprint density at radius 2 is 0.470 bits per heavy atom. The fourth-order valence-electron chi connectivity index (χ4n) is 8.53. The highest BCUT2D eigenvalue weighted by atomic mass is 16.5. The Morgan fingerprint density at radius 1 is 0.269 bits per heavy atom. The van der Waals surface area contributed by atoms with Crippen molar-refractivity contribution < 1.29 is 91.0 Å². The van der Waals surface area contributed by atoms with E-state index in [1.54, 1.807) is 91.2 Å². The molecular weight excluding hydrogens is 1690 g/mol. The van der Waals surface area contributed by atoms with Crippen LogP contribution in [0.4, 0.5) is 0 Å². The van der Waals surface area contributed by atoms with Crippen molar-refractivity contribution in [3.05, 3.63) is 109 Å². The number of ketones is 18. The summed E-state index contributed by atoms with van der Waals surface area (Å²) in [6.07, 6.45) is 25.7. The first kappa shape index (κ1) is 168. The molecule has 0 aliphatic carbocycles. The van der Waals surface area contributed by atoms with Gasteiger partial charge in [0.25, 0.3) is 0 Å². The molecule has 0 saturated heterocycles. The summed E-state index contributed by atoms with van der Waals surface area (Å²) in [6, 6.07) is 0. The first-order valence-corrected chi connectivity index (χ1v) is 43.8. The van der Waals surface area contributed by atoms with Gasteiger partial charge in [-0.25, -0.2) is 0 Å². The number of nitrogens with zero attached hydrogens (tertiary/aromatic N) is 1. The van der Waals surface area contributed by atoms with E-state index in [-0.39, 0.29) is 220 Å². The molecule has 0 saturated carbocycles. The Balaban J connectivity index is -0.0000000701. The predicted molar refractivity (Wildman–Crippen MR) is 575 cm³/mol. The average molecular weight is 1900 g/mol. The molecule has 20 heteroatoms. The number of hydrogen-bond donors (Lipinski definition) is 0. The molecule has 0 aromatic heterocycles. The Morgan fingerprint density at radius 3 is 0.687 bits per heavy atom. The maximum Gasteiger partial charge on any atom is 0.158 e. The van der Waals surface area contributed by atoms with E-state index in [4.69, 9.17) is 4.74 Å². The lowest BCUT2D eigenvalue weighted by molar-refractivity contribution is -0.128. The van der Waals surface area contributed by atoms with Crippen LogP contribution >= 0.6 is 0 Å². The topological polar surface area (TPSA) is 320 Å². The molecule has 0 aromatic rings. The Hall–Kier alpha value is -8.36. The van der Waals surface area contributed by atoms with Crippen molar-refractivity contribution in [1.29, 1.82) is 0 Å². The van der Waals surface area contributed by atoms with Crippen molar-refractivity contribution in [1.82, 2.24) is 4.90 Å². The smallest absolute Gasteiger partial charge is 0.158 e. The Kier molecular flexibility index (Phi) is 108. The van der Waals surface area contributed by atoms with E-state index in [0.29, 0.717) is 152 Å². The van der Waals surface area contributed by atoms with E-state index in [1.165, 1.54) is 18.2 Å². The van der Waals surface area contributed by atoms with Crippen LogP contribution in [0.25, 0.3) is 0 Å². The van der Waals surface area contributed by atoms with Crippen LogP contribution in [0.15, 0.2) is 109 Å². The van der Waals surface area contributed by atoms with Crippen molar-refractivity contribution in [2.75, 3.05) is 34.4 Å².